The quantitative estimate of drug-likeness (QED) is 0.332. The zero-order chi connectivity index (χ0) is 23.5. The molecular weight excluding hydrogens is 444 g/mol. The van der Waals surface area contributed by atoms with Crippen LogP contribution in [0.25, 0.3) is 16.8 Å². The fraction of sp³-hybridized carbons (Fsp3) is 0.0417. The van der Waals surface area contributed by atoms with Gasteiger partial charge in [0.15, 0.2) is 0 Å². The van der Waals surface area contributed by atoms with Gasteiger partial charge in [0.2, 0.25) is 5.43 Å². The van der Waals surface area contributed by atoms with Crippen molar-refractivity contribution in [1.82, 2.24) is 9.78 Å². The maximum Gasteiger partial charge on any atom is 0.270 e. The van der Waals surface area contributed by atoms with Gasteiger partial charge in [-0.15, -0.1) is 0 Å². The predicted molar refractivity (Wildman–Crippen MR) is 126 cm³/mol. The van der Waals surface area contributed by atoms with Crippen molar-refractivity contribution >= 4 is 29.0 Å². The molecule has 0 spiro atoms. The number of nitrogens with zero attached hydrogens (tertiary/aromatic N) is 3. The normalized spacial score (nSPS) is 10.6. The second kappa shape index (κ2) is 9.05. The summed E-state index contributed by atoms with van der Waals surface area (Å²) >= 11 is 6.02. The predicted octanol–water partition coefficient (Wildman–Crippen LogP) is 5.02. The van der Waals surface area contributed by atoms with Gasteiger partial charge < -0.3 is 5.32 Å². The van der Waals surface area contributed by atoms with Gasteiger partial charge in [-0.3, -0.25) is 19.7 Å². The molecule has 0 aliphatic heterocycles. The number of carbonyl (C=O) groups excluding carboxylic acids is 1. The minimum atomic E-state index is -0.622. The molecule has 0 aliphatic carbocycles. The van der Waals surface area contributed by atoms with Crippen LogP contribution in [-0.4, -0.2) is 20.6 Å². The molecule has 1 N–H and O–H groups in total. The van der Waals surface area contributed by atoms with Gasteiger partial charge in [-0.1, -0.05) is 48.0 Å². The van der Waals surface area contributed by atoms with Crippen LogP contribution in [0.3, 0.4) is 0 Å². The third-order valence-corrected chi connectivity index (χ3v) is 5.19. The Bertz CT molecular complexity index is 1420. The monoisotopic (exact) mass is 460 g/mol. The Balaban J connectivity index is 1.92. The molecule has 0 unspecified atom stereocenters. The molecule has 164 valence electrons. The summed E-state index contributed by atoms with van der Waals surface area (Å²) in [6.45, 7) is 1.59. The van der Waals surface area contributed by atoms with E-state index in [-0.39, 0.29) is 33.8 Å². The third-order valence-electron chi connectivity index (χ3n) is 4.94. The van der Waals surface area contributed by atoms with E-state index in [2.05, 4.69) is 10.4 Å². The first-order valence-corrected chi connectivity index (χ1v) is 10.2. The van der Waals surface area contributed by atoms with E-state index in [0.29, 0.717) is 16.3 Å². The zero-order valence-electron chi connectivity index (χ0n) is 17.4. The average Bonchev–Trinajstić information content (AvgIpc) is 2.82. The third kappa shape index (κ3) is 4.51. The molecule has 1 aromatic heterocycles. The number of carbonyl (C=O) groups is 1. The number of aromatic nitrogens is 2. The van der Waals surface area contributed by atoms with Crippen molar-refractivity contribution in [2.45, 2.75) is 6.92 Å². The van der Waals surface area contributed by atoms with Gasteiger partial charge in [0.05, 0.1) is 16.2 Å². The highest BCUT2D eigenvalue weighted by atomic mass is 35.5. The van der Waals surface area contributed by atoms with E-state index in [1.165, 1.54) is 28.9 Å². The number of non-ortho nitro benzene ring substituents is 1. The largest absolute Gasteiger partial charge is 0.306 e. The first-order valence-electron chi connectivity index (χ1n) is 9.86. The first kappa shape index (κ1) is 21.9. The van der Waals surface area contributed by atoms with Crippen LogP contribution in [0.2, 0.25) is 5.02 Å². The number of hydrogen-bond acceptors (Lipinski definition) is 5. The Hall–Kier alpha value is -4.30. The summed E-state index contributed by atoms with van der Waals surface area (Å²) in [5, 5.41) is 18.8. The van der Waals surface area contributed by atoms with Crippen LogP contribution in [-0.2, 0) is 0 Å². The lowest BCUT2D eigenvalue weighted by atomic mass is 10.0. The molecule has 4 aromatic rings. The second-order valence-electron chi connectivity index (χ2n) is 7.15. The van der Waals surface area contributed by atoms with Crippen LogP contribution in [0.4, 0.5) is 11.5 Å². The number of rotatable bonds is 5. The van der Waals surface area contributed by atoms with E-state index in [9.17, 15) is 19.7 Å². The van der Waals surface area contributed by atoms with E-state index in [1.807, 2.05) is 6.07 Å². The number of amides is 1. The van der Waals surface area contributed by atoms with Crippen LogP contribution in [0, 0.1) is 17.0 Å². The number of hydrogen-bond donors (Lipinski definition) is 1. The summed E-state index contributed by atoms with van der Waals surface area (Å²) in [6.07, 6.45) is 0. The molecule has 8 nitrogen and oxygen atoms in total. The lowest BCUT2D eigenvalue weighted by molar-refractivity contribution is -0.384. The van der Waals surface area contributed by atoms with Crippen LogP contribution < -0.4 is 10.7 Å². The summed E-state index contributed by atoms with van der Waals surface area (Å²) in [4.78, 5) is 36.8. The van der Waals surface area contributed by atoms with Crippen molar-refractivity contribution in [3.8, 4) is 16.8 Å². The Kier molecular flexibility index (Phi) is 6.01. The van der Waals surface area contributed by atoms with Gasteiger partial charge in [-0.05, 0) is 42.8 Å². The van der Waals surface area contributed by atoms with Crippen LogP contribution in [0.1, 0.15) is 16.1 Å². The molecular formula is C24H17ClN4O4. The molecule has 0 bridgehead atoms. The summed E-state index contributed by atoms with van der Waals surface area (Å²) in [7, 11) is 0. The van der Waals surface area contributed by atoms with Crippen molar-refractivity contribution in [3.63, 3.8) is 0 Å². The fourth-order valence-electron chi connectivity index (χ4n) is 3.34. The van der Waals surface area contributed by atoms with Crippen molar-refractivity contribution in [2.24, 2.45) is 0 Å². The van der Waals surface area contributed by atoms with Gasteiger partial charge in [0.1, 0.15) is 11.5 Å². The summed E-state index contributed by atoms with van der Waals surface area (Å²) in [5.74, 6) is -0.487. The highest BCUT2D eigenvalue weighted by Gasteiger charge is 2.21. The highest BCUT2D eigenvalue weighted by molar-refractivity contribution is 6.30. The topological polar surface area (TPSA) is 107 Å². The molecule has 0 saturated carbocycles. The molecule has 0 saturated heterocycles. The number of nitrogens with one attached hydrogen (secondary N) is 1. The number of aryl methyl sites for hydroxylation is 1. The fourth-order valence-corrected chi connectivity index (χ4v) is 3.46. The molecule has 0 atom stereocenters. The molecule has 1 heterocycles. The maximum atomic E-state index is 13.2. The molecule has 4 rings (SSSR count). The minimum absolute atomic E-state index is 0.0684. The average molecular weight is 461 g/mol. The summed E-state index contributed by atoms with van der Waals surface area (Å²) < 4.78 is 1.45. The lowest BCUT2D eigenvalue weighted by Crippen LogP contribution is -2.25. The Labute approximate surface area is 193 Å². The van der Waals surface area contributed by atoms with E-state index in [0.717, 1.165) is 0 Å². The van der Waals surface area contributed by atoms with Crippen molar-refractivity contribution < 1.29 is 9.72 Å². The molecule has 0 radical (unpaired) electrons. The Morgan fingerprint density at radius 2 is 1.73 bits per heavy atom. The van der Waals surface area contributed by atoms with E-state index < -0.39 is 10.8 Å². The van der Waals surface area contributed by atoms with Gasteiger partial charge >= 0.3 is 0 Å². The first-order chi connectivity index (χ1) is 15.8. The molecule has 0 fully saturated rings. The number of benzene rings is 3. The SMILES string of the molecule is Cc1nn(-c2ccc(Cl)cc2)c(NC(=O)c2cccc([N+](=O)[O-])c2)c(-c2ccccc2)c1=O. The summed E-state index contributed by atoms with van der Waals surface area (Å²) in [6, 6.07) is 21.0. The van der Waals surface area contributed by atoms with E-state index >= 15 is 0 Å². The van der Waals surface area contributed by atoms with Gasteiger partial charge in [0.25, 0.3) is 11.6 Å². The molecule has 3 aromatic carbocycles. The Morgan fingerprint density at radius 1 is 1.03 bits per heavy atom. The van der Waals surface area contributed by atoms with Crippen LogP contribution >= 0.6 is 11.6 Å². The van der Waals surface area contributed by atoms with Crippen LogP contribution in [0.5, 0.6) is 0 Å². The smallest absolute Gasteiger partial charge is 0.270 e. The minimum Gasteiger partial charge on any atom is -0.306 e. The van der Waals surface area contributed by atoms with Crippen molar-refractivity contribution in [2.75, 3.05) is 5.32 Å². The standard InChI is InChI=1S/C24H17ClN4O4/c1-15-22(30)21(16-6-3-2-4-7-16)23(28(27-15)19-12-10-18(25)11-13-19)26-24(31)17-8-5-9-20(14-17)29(32)33/h2-14H,1H3,(H,26,31). The van der Waals surface area contributed by atoms with E-state index in [4.69, 9.17) is 11.6 Å². The lowest BCUT2D eigenvalue weighted by Gasteiger charge is -2.18. The molecule has 1 amide bonds. The van der Waals surface area contributed by atoms with Gasteiger partial charge in [-0.2, -0.15) is 5.10 Å². The second-order valence-corrected chi connectivity index (χ2v) is 7.59. The van der Waals surface area contributed by atoms with Gasteiger partial charge in [-0.25, -0.2) is 4.68 Å². The van der Waals surface area contributed by atoms with Crippen molar-refractivity contribution in [3.05, 3.63) is 115 Å². The van der Waals surface area contributed by atoms with E-state index in [1.54, 1.807) is 55.5 Å². The molecule has 0 aliphatic rings. The van der Waals surface area contributed by atoms with Crippen molar-refractivity contribution in [1.29, 1.82) is 0 Å². The van der Waals surface area contributed by atoms with Gasteiger partial charge in [0, 0.05) is 22.7 Å². The number of halogens is 1. The van der Waals surface area contributed by atoms with Crippen LogP contribution in [0.15, 0.2) is 83.7 Å². The summed E-state index contributed by atoms with van der Waals surface area (Å²) in [5.41, 5.74) is 1.13. The number of nitro benzene ring substituents is 1. The maximum absolute atomic E-state index is 13.2. The number of anilines is 1. The Morgan fingerprint density at radius 3 is 2.39 bits per heavy atom. The zero-order valence-corrected chi connectivity index (χ0v) is 18.1. The highest BCUT2D eigenvalue weighted by Crippen LogP contribution is 2.28. The molecule has 33 heavy (non-hydrogen) atoms. The number of nitro groups is 1. The molecule has 9 heteroatoms.